The molecule has 0 bridgehead atoms. The van der Waals surface area contributed by atoms with Crippen LogP contribution in [0.4, 0.5) is 5.69 Å². The van der Waals surface area contributed by atoms with Crippen molar-refractivity contribution in [2.45, 2.75) is 19.9 Å². The normalized spacial score (nSPS) is 16.1. The molecule has 1 fully saturated rings. The summed E-state index contributed by atoms with van der Waals surface area (Å²) in [7, 11) is 0. The number of fused-ring (bicyclic) bond motifs is 1. The molecule has 1 saturated heterocycles. The van der Waals surface area contributed by atoms with Gasteiger partial charge in [-0.2, -0.15) is 0 Å². The molecule has 4 aromatic rings. The van der Waals surface area contributed by atoms with Crippen LogP contribution in [0, 0.1) is 12.8 Å². The molecule has 2 aromatic carbocycles. The summed E-state index contributed by atoms with van der Waals surface area (Å²) in [4.78, 5) is 24.1. The highest BCUT2D eigenvalue weighted by Gasteiger charge is 2.24. The fourth-order valence-electron chi connectivity index (χ4n) is 4.68. The molecular formula is C29H30N4O2. The van der Waals surface area contributed by atoms with Gasteiger partial charge in [0.05, 0.1) is 25.5 Å². The predicted molar refractivity (Wildman–Crippen MR) is 138 cm³/mol. The molecule has 0 aliphatic carbocycles. The van der Waals surface area contributed by atoms with E-state index in [0.717, 1.165) is 28.8 Å². The molecule has 0 radical (unpaired) electrons. The van der Waals surface area contributed by atoms with Crippen molar-refractivity contribution in [3.63, 3.8) is 0 Å². The van der Waals surface area contributed by atoms with E-state index >= 15 is 0 Å². The van der Waals surface area contributed by atoms with E-state index in [0.29, 0.717) is 38.4 Å². The Labute approximate surface area is 206 Å². The molecule has 0 unspecified atom stereocenters. The second-order valence-electron chi connectivity index (χ2n) is 9.11. The van der Waals surface area contributed by atoms with E-state index in [4.69, 9.17) is 4.74 Å². The SMILES string of the molecule is Cc1ccc(C(=O)N2CCOC[C@@H](Cc3cccc4cnccc34)C2)cc1NCc1ccccn1. The molecular weight excluding hydrogens is 436 g/mol. The number of aryl methyl sites for hydroxylation is 1. The number of nitrogens with zero attached hydrogens (tertiary/aromatic N) is 3. The van der Waals surface area contributed by atoms with Gasteiger partial charge in [0.1, 0.15) is 0 Å². The molecule has 0 spiro atoms. The molecule has 1 N–H and O–H groups in total. The molecule has 2 aromatic heterocycles. The predicted octanol–water partition coefficient (Wildman–Crippen LogP) is 4.88. The van der Waals surface area contributed by atoms with Crippen molar-refractivity contribution in [3.8, 4) is 0 Å². The first-order chi connectivity index (χ1) is 17.2. The Hall–Kier alpha value is -3.77. The lowest BCUT2D eigenvalue weighted by Crippen LogP contribution is -2.36. The molecule has 35 heavy (non-hydrogen) atoms. The van der Waals surface area contributed by atoms with Gasteiger partial charge < -0.3 is 15.0 Å². The summed E-state index contributed by atoms with van der Waals surface area (Å²) < 4.78 is 5.91. The topological polar surface area (TPSA) is 67.4 Å². The van der Waals surface area contributed by atoms with Crippen molar-refractivity contribution in [2.24, 2.45) is 5.92 Å². The lowest BCUT2D eigenvalue weighted by molar-refractivity contribution is 0.0737. The minimum Gasteiger partial charge on any atom is -0.379 e. The molecule has 6 nitrogen and oxygen atoms in total. The Bertz CT molecular complexity index is 1300. The van der Waals surface area contributed by atoms with Crippen LogP contribution in [0.1, 0.15) is 27.2 Å². The molecule has 3 heterocycles. The summed E-state index contributed by atoms with van der Waals surface area (Å²) in [6.07, 6.45) is 6.38. The summed E-state index contributed by atoms with van der Waals surface area (Å²) in [5.74, 6) is 0.274. The summed E-state index contributed by atoms with van der Waals surface area (Å²) in [6.45, 7) is 5.13. The monoisotopic (exact) mass is 466 g/mol. The molecule has 5 rings (SSSR count). The van der Waals surface area contributed by atoms with Crippen LogP contribution in [-0.2, 0) is 17.7 Å². The zero-order valence-electron chi connectivity index (χ0n) is 20.0. The highest BCUT2D eigenvalue weighted by Crippen LogP contribution is 2.24. The summed E-state index contributed by atoms with van der Waals surface area (Å²) in [5.41, 5.74) is 4.97. The number of ether oxygens (including phenoxy) is 1. The summed E-state index contributed by atoms with van der Waals surface area (Å²) in [6, 6.07) is 20.1. The van der Waals surface area contributed by atoms with E-state index in [1.54, 1.807) is 6.20 Å². The highest BCUT2D eigenvalue weighted by atomic mass is 16.5. The third kappa shape index (κ3) is 5.49. The zero-order chi connectivity index (χ0) is 24.0. The van der Waals surface area contributed by atoms with Crippen LogP contribution in [0.3, 0.4) is 0 Å². The Balaban J connectivity index is 1.30. The number of rotatable bonds is 6. The van der Waals surface area contributed by atoms with E-state index in [1.807, 2.05) is 60.6 Å². The Morgan fingerprint density at radius 2 is 2.06 bits per heavy atom. The van der Waals surface area contributed by atoms with Crippen LogP contribution in [-0.4, -0.2) is 47.1 Å². The second kappa shape index (κ2) is 10.7. The zero-order valence-corrected chi connectivity index (χ0v) is 20.0. The Kier molecular flexibility index (Phi) is 7.00. The van der Waals surface area contributed by atoms with Crippen LogP contribution in [0.5, 0.6) is 0 Å². The second-order valence-corrected chi connectivity index (χ2v) is 9.11. The van der Waals surface area contributed by atoms with Gasteiger partial charge >= 0.3 is 0 Å². The molecule has 1 aliphatic rings. The van der Waals surface area contributed by atoms with Gasteiger partial charge in [0, 0.05) is 54.2 Å². The van der Waals surface area contributed by atoms with Crippen molar-refractivity contribution in [1.82, 2.24) is 14.9 Å². The first-order valence-electron chi connectivity index (χ1n) is 12.1. The fourth-order valence-corrected chi connectivity index (χ4v) is 4.68. The molecule has 6 heteroatoms. The summed E-state index contributed by atoms with van der Waals surface area (Å²) in [5, 5.41) is 5.79. The number of hydrogen-bond donors (Lipinski definition) is 1. The quantitative estimate of drug-likeness (QED) is 0.439. The van der Waals surface area contributed by atoms with Gasteiger partial charge in [0.25, 0.3) is 5.91 Å². The maximum Gasteiger partial charge on any atom is 0.254 e. The molecule has 1 amide bonds. The molecule has 1 atom stereocenters. The standard InChI is InChI=1S/C29H30N4O2/c1-21-8-9-24(16-28(21)32-18-26-7-2-3-11-31-26)29(34)33-13-14-35-20-22(19-33)15-23-5-4-6-25-17-30-12-10-27(23)25/h2-12,16-17,22,32H,13-15,18-20H2,1H3/t22-/m0/s1. The van der Waals surface area contributed by atoms with E-state index in [1.165, 1.54) is 10.9 Å². The van der Waals surface area contributed by atoms with Crippen LogP contribution < -0.4 is 5.32 Å². The van der Waals surface area contributed by atoms with Crippen LogP contribution in [0.2, 0.25) is 0 Å². The van der Waals surface area contributed by atoms with Gasteiger partial charge in [-0.3, -0.25) is 14.8 Å². The van der Waals surface area contributed by atoms with E-state index in [9.17, 15) is 4.79 Å². The largest absolute Gasteiger partial charge is 0.379 e. The Morgan fingerprint density at radius 1 is 1.11 bits per heavy atom. The number of pyridine rings is 2. The van der Waals surface area contributed by atoms with Gasteiger partial charge in [-0.05, 0) is 60.2 Å². The number of carbonyl (C=O) groups is 1. The average Bonchev–Trinajstić information content (AvgIpc) is 3.14. The fraction of sp³-hybridized carbons (Fsp3) is 0.276. The number of carbonyl (C=O) groups excluding carboxylic acids is 1. The minimum absolute atomic E-state index is 0.0449. The van der Waals surface area contributed by atoms with E-state index < -0.39 is 0 Å². The van der Waals surface area contributed by atoms with E-state index in [2.05, 4.69) is 39.6 Å². The molecule has 0 saturated carbocycles. The number of anilines is 1. The third-order valence-electron chi connectivity index (χ3n) is 6.58. The van der Waals surface area contributed by atoms with Crippen molar-refractivity contribution >= 4 is 22.4 Å². The van der Waals surface area contributed by atoms with Crippen molar-refractivity contribution in [1.29, 1.82) is 0 Å². The van der Waals surface area contributed by atoms with Gasteiger partial charge in [-0.25, -0.2) is 0 Å². The van der Waals surface area contributed by atoms with Crippen LogP contribution in [0.15, 0.2) is 79.3 Å². The van der Waals surface area contributed by atoms with Gasteiger partial charge in [-0.1, -0.05) is 30.3 Å². The first kappa shape index (κ1) is 23.0. The van der Waals surface area contributed by atoms with Crippen LogP contribution in [0.25, 0.3) is 10.8 Å². The smallest absolute Gasteiger partial charge is 0.254 e. The minimum atomic E-state index is 0.0449. The number of hydrogen-bond acceptors (Lipinski definition) is 5. The van der Waals surface area contributed by atoms with Crippen molar-refractivity contribution in [2.75, 3.05) is 31.6 Å². The summed E-state index contributed by atoms with van der Waals surface area (Å²) >= 11 is 0. The van der Waals surface area contributed by atoms with Crippen molar-refractivity contribution < 1.29 is 9.53 Å². The number of benzene rings is 2. The van der Waals surface area contributed by atoms with Gasteiger partial charge in [-0.15, -0.1) is 0 Å². The van der Waals surface area contributed by atoms with E-state index in [-0.39, 0.29) is 11.8 Å². The van der Waals surface area contributed by atoms with Crippen molar-refractivity contribution in [3.05, 3.63) is 102 Å². The average molecular weight is 467 g/mol. The lowest BCUT2D eigenvalue weighted by Gasteiger charge is -2.24. The highest BCUT2D eigenvalue weighted by molar-refractivity contribution is 5.95. The Morgan fingerprint density at radius 3 is 2.94 bits per heavy atom. The number of amides is 1. The third-order valence-corrected chi connectivity index (χ3v) is 6.58. The van der Waals surface area contributed by atoms with Gasteiger partial charge in [0.2, 0.25) is 0 Å². The maximum absolute atomic E-state index is 13.5. The number of nitrogens with one attached hydrogen (secondary N) is 1. The number of aromatic nitrogens is 2. The first-order valence-corrected chi connectivity index (χ1v) is 12.1. The molecule has 178 valence electrons. The van der Waals surface area contributed by atoms with Crippen LogP contribution >= 0.6 is 0 Å². The molecule has 1 aliphatic heterocycles. The lowest BCUT2D eigenvalue weighted by atomic mass is 9.95. The van der Waals surface area contributed by atoms with Gasteiger partial charge in [0.15, 0.2) is 0 Å². The maximum atomic E-state index is 13.5.